The summed E-state index contributed by atoms with van der Waals surface area (Å²) in [6.45, 7) is 6.10. The Balaban J connectivity index is 2.85. The molecule has 0 fully saturated rings. The molecule has 1 atom stereocenters. The van der Waals surface area contributed by atoms with Crippen molar-refractivity contribution in [2.45, 2.75) is 51.0 Å². The molecule has 0 saturated heterocycles. The number of carbonyl (C=O) groups is 2. The van der Waals surface area contributed by atoms with E-state index >= 15 is 0 Å². The molecular formula is C15H24O3S2. The second-order valence-electron chi connectivity index (χ2n) is 4.87. The number of hydrogen-bond acceptors (Lipinski definition) is 5. The summed E-state index contributed by atoms with van der Waals surface area (Å²) in [6, 6.07) is 0. The molecule has 0 heterocycles. The van der Waals surface area contributed by atoms with E-state index in [1.165, 1.54) is 0 Å². The van der Waals surface area contributed by atoms with E-state index in [1.54, 1.807) is 0 Å². The van der Waals surface area contributed by atoms with Gasteiger partial charge in [-0.15, -0.1) is 23.5 Å². The van der Waals surface area contributed by atoms with Crippen LogP contribution in [0.2, 0.25) is 0 Å². The van der Waals surface area contributed by atoms with Crippen molar-refractivity contribution < 1.29 is 14.7 Å². The normalized spacial score (nSPS) is 19.8. The highest BCUT2D eigenvalue weighted by Crippen LogP contribution is 2.39. The molecule has 1 N–H and O–H groups in total. The average Bonchev–Trinajstić information content (AvgIpc) is 2.38. The summed E-state index contributed by atoms with van der Waals surface area (Å²) in [5.41, 5.74) is 0.0739. The maximum atomic E-state index is 12.2. The van der Waals surface area contributed by atoms with Gasteiger partial charge in [-0.1, -0.05) is 20.8 Å². The van der Waals surface area contributed by atoms with Crippen molar-refractivity contribution in [3.8, 4) is 0 Å². The zero-order chi connectivity index (χ0) is 15.1. The molecule has 0 spiro atoms. The molecule has 5 heteroatoms. The minimum Gasteiger partial charge on any atom is -0.511 e. The first-order chi connectivity index (χ1) is 9.54. The molecule has 1 unspecified atom stereocenters. The van der Waals surface area contributed by atoms with Crippen LogP contribution in [0, 0.1) is 5.92 Å². The monoisotopic (exact) mass is 316 g/mol. The van der Waals surface area contributed by atoms with Crippen molar-refractivity contribution >= 4 is 35.1 Å². The van der Waals surface area contributed by atoms with Gasteiger partial charge in [0.2, 0.25) is 0 Å². The van der Waals surface area contributed by atoms with Crippen LogP contribution in [-0.4, -0.2) is 32.8 Å². The van der Waals surface area contributed by atoms with Gasteiger partial charge in [-0.2, -0.15) is 0 Å². The summed E-state index contributed by atoms with van der Waals surface area (Å²) in [7, 11) is 0. The van der Waals surface area contributed by atoms with Crippen LogP contribution in [0.4, 0.5) is 0 Å². The van der Waals surface area contributed by atoms with Crippen molar-refractivity contribution in [1.29, 1.82) is 0 Å². The summed E-state index contributed by atoms with van der Waals surface area (Å²) in [5.74, 6) is 1.77. The van der Waals surface area contributed by atoms with E-state index in [1.807, 2.05) is 30.4 Å². The van der Waals surface area contributed by atoms with Crippen molar-refractivity contribution in [2.24, 2.45) is 5.92 Å². The third-order valence-electron chi connectivity index (χ3n) is 3.27. The number of thioether (sulfide) groups is 2. The van der Waals surface area contributed by atoms with E-state index < -0.39 is 0 Å². The minimum absolute atomic E-state index is 0.0168. The standard InChI is InChI=1S/C15H24O3S2/c1-4-7-11(16)14-12(17)8-10(9-13(14)18)15(19-5-2)20-6-3/h10,15,17H,4-9H2,1-3H3. The Hall–Kier alpha value is -0.420. The number of carbonyl (C=O) groups excluding carboxylic acids is 2. The second-order valence-corrected chi connectivity index (χ2v) is 8.00. The summed E-state index contributed by atoms with van der Waals surface area (Å²) < 4.78 is 0.318. The minimum atomic E-state index is -0.198. The van der Waals surface area contributed by atoms with Gasteiger partial charge in [0.25, 0.3) is 0 Å². The summed E-state index contributed by atoms with van der Waals surface area (Å²) >= 11 is 3.65. The number of Topliss-reactive ketones (excluding diaryl/α,β-unsaturated/α-hetero) is 2. The van der Waals surface area contributed by atoms with Crippen LogP contribution in [-0.2, 0) is 9.59 Å². The molecule has 0 amide bonds. The highest BCUT2D eigenvalue weighted by molar-refractivity contribution is 8.17. The Morgan fingerprint density at radius 1 is 1.25 bits per heavy atom. The molecule has 1 aliphatic carbocycles. The zero-order valence-corrected chi connectivity index (χ0v) is 14.1. The molecule has 0 aromatic carbocycles. The van der Waals surface area contributed by atoms with E-state index in [4.69, 9.17) is 0 Å². The maximum absolute atomic E-state index is 12.2. The molecule has 0 aliphatic heterocycles. The van der Waals surface area contributed by atoms with E-state index in [-0.39, 0.29) is 28.8 Å². The van der Waals surface area contributed by atoms with E-state index in [2.05, 4.69) is 13.8 Å². The molecule has 0 radical (unpaired) electrons. The fraction of sp³-hybridized carbons (Fsp3) is 0.733. The largest absolute Gasteiger partial charge is 0.511 e. The lowest BCUT2D eigenvalue weighted by atomic mass is 9.85. The summed E-state index contributed by atoms with van der Waals surface area (Å²) in [4.78, 5) is 24.1. The van der Waals surface area contributed by atoms with Crippen LogP contribution in [0.3, 0.4) is 0 Å². The first-order valence-corrected chi connectivity index (χ1v) is 9.36. The third kappa shape index (κ3) is 4.55. The van der Waals surface area contributed by atoms with Gasteiger partial charge in [0.05, 0.1) is 10.2 Å². The lowest BCUT2D eigenvalue weighted by Gasteiger charge is -2.29. The quantitative estimate of drug-likeness (QED) is 0.542. The summed E-state index contributed by atoms with van der Waals surface area (Å²) in [6.07, 6.45) is 1.89. The van der Waals surface area contributed by atoms with Crippen molar-refractivity contribution in [2.75, 3.05) is 11.5 Å². The van der Waals surface area contributed by atoms with Crippen LogP contribution < -0.4 is 0 Å². The van der Waals surface area contributed by atoms with Crippen LogP contribution >= 0.6 is 23.5 Å². The second kappa shape index (κ2) is 8.78. The molecule has 1 rings (SSSR count). The average molecular weight is 316 g/mol. The molecule has 0 bridgehead atoms. The van der Waals surface area contributed by atoms with Gasteiger partial charge in [-0.3, -0.25) is 9.59 Å². The van der Waals surface area contributed by atoms with E-state index in [0.717, 1.165) is 11.5 Å². The Bertz CT molecular complexity index is 385. The predicted molar refractivity (Wildman–Crippen MR) is 87.4 cm³/mol. The van der Waals surface area contributed by atoms with Gasteiger partial charge in [0.15, 0.2) is 11.6 Å². The lowest BCUT2D eigenvalue weighted by molar-refractivity contribution is -0.122. The number of hydrogen-bond donors (Lipinski definition) is 1. The van der Waals surface area contributed by atoms with Gasteiger partial charge in [0, 0.05) is 19.3 Å². The molecule has 114 valence electrons. The summed E-state index contributed by atoms with van der Waals surface area (Å²) in [5, 5.41) is 10.1. The zero-order valence-electron chi connectivity index (χ0n) is 12.5. The van der Waals surface area contributed by atoms with Crippen LogP contribution in [0.1, 0.15) is 46.5 Å². The Morgan fingerprint density at radius 3 is 2.30 bits per heavy atom. The molecule has 0 saturated carbocycles. The van der Waals surface area contributed by atoms with E-state index in [0.29, 0.717) is 30.3 Å². The van der Waals surface area contributed by atoms with Crippen molar-refractivity contribution in [3.63, 3.8) is 0 Å². The van der Waals surface area contributed by atoms with Crippen molar-refractivity contribution in [1.82, 2.24) is 0 Å². The van der Waals surface area contributed by atoms with Crippen LogP contribution in [0.5, 0.6) is 0 Å². The van der Waals surface area contributed by atoms with Crippen molar-refractivity contribution in [3.05, 3.63) is 11.3 Å². The number of aliphatic hydroxyl groups excluding tert-OH is 1. The molecular weight excluding hydrogens is 292 g/mol. The fourth-order valence-corrected chi connectivity index (χ4v) is 5.22. The topological polar surface area (TPSA) is 54.4 Å². The lowest BCUT2D eigenvalue weighted by Crippen LogP contribution is -2.29. The third-order valence-corrected chi connectivity index (χ3v) is 6.18. The smallest absolute Gasteiger partial charge is 0.170 e. The molecule has 20 heavy (non-hydrogen) atoms. The Kier molecular flexibility index (Phi) is 7.74. The number of aliphatic hydroxyl groups is 1. The van der Waals surface area contributed by atoms with Gasteiger partial charge < -0.3 is 5.11 Å². The van der Waals surface area contributed by atoms with Gasteiger partial charge in [-0.05, 0) is 23.8 Å². The Morgan fingerprint density at radius 2 is 1.85 bits per heavy atom. The van der Waals surface area contributed by atoms with Gasteiger partial charge in [0.1, 0.15) is 5.76 Å². The number of rotatable bonds is 8. The van der Waals surface area contributed by atoms with Crippen LogP contribution in [0.15, 0.2) is 11.3 Å². The SMILES string of the molecule is CCCC(=O)C1=C(O)CC(C(SCC)SCC)CC1=O. The molecule has 0 aromatic heterocycles. The van der Waals surface area contributed by atoms with Crippen LogP contribution in [0.25, 0.3) is 0 Å². The number of allylic oxidation sites excluding steroid dienone is 2. The first kappa shape index (κ1) is 17.6. The van der Waals surface area contributed by atoms with Gasteiger partial charge >= 0.3 is 0 Å². The molecule has 3 nitrogen and oxygen atoms in total. The Labute approximate surface area is 130 Å². The fourth-order valence-electron chi connectivity index (χ4n) is 2.43. The number of ketones is 2. The first-order valence-electron chi connectivity index (χ1n) is 7.26. The molecule has 1 aliphatic rings. The maximum Gasteiger partial charge on any atom is 0.170 e. The van der Waals surface area contributed by atoms with E-state index in [9.17, 15) is 14.7 Å². The highest BCUT2D eigenvalue weighted by Gasteiger charge is 2.35. The molecule has 0 aromatic rings. The van der Waals surface area contributed by atoms with Gasteiger partial charge in [-0.25, -0.2) is 0 Å². The highest BCUT2D eigenvalue weighted by atomic mass is 32.2. The predicted octanol–water partition coefficient (Wildman–Crippen LogP) is 3.98.